The van der Waals surface area contributed by atoms with Crippen molar-refractivity contribution in [3.8, 4) is 17.0 Å². The third-order valence-corrected chi connectivity index (χ3v) is 7.66. The molecule has 180 valence electrons. The Kier molecular flexibility index (Phi) is 5.55. The molecule has 5 rings (SSSR count). The van der Waals surface area contributed by atoms with Crippen LogP contribution in [0.4, 0.5) is 19.0 Å². The number of nitrogens with zero attached hydrogens (tertiary/aromatic N) is 4. The summed E-state index contributed by atoms with van der Waals surface area (Å²) in [6.07, 6.45) is 0.252. The predicted octanol–water partition coefficient (Wildman–Crippen LogP) is 4.22. The summed E-state index contributed by atoms with van der Waals surface area (Å²) in [6, 6.07) is 4.10. The number of hydrogen-bond acceptors (Lipinski definition) is 6. The summed E-state index contributed by atoms with van der Waals surface area (Å²) in [5.41, 5.74) is 7.82. The van der Waals surface area contributed by atoms with Gasteiger partial charge in [-0.05, 0) is 50.2 Å². The average molecular weight is 466 g/mol. The van der Waals surface area contributed by atoms with Gasteiger partial charge in [0.25, 0.3) is 0 Å². The number of likely N-dealkylation sites (tertiary alicyclic amines) is 1. The Balaban J connectivity index is 1.36. The van der Waals surface area contributed by atoms with Crippen molar-refractivity contribution in [2.75, 3.05) is 25.9 Å². The predicted molar refractivity (Wildman–Crippen MR) is 117 cm³/mol. The molecule has 33 heavy (non-hydrogen) atoms. The number of nitrogens with two attached hydrogens (primary N) is 1. The van der Waals surface area contributed by atoms with Crippen LogP contribution in [0.2, 0.25) is 0 Å². The molecular formula is C23H30F3N5O2. The molecule has 0 bridgehead atoms. The van der Waals surface area contributed by atoms with Crippen LogP contribution in [0.5, 0.6) is 5.75 Å². The van der Waals surface area contributed by atoms with Gasteiger partial charge in [0, 0.05) is 55.7 Å². The first-order chi connectivity index (χ1) is 15.7. The second-order valence-corrected chi connectivity index (χ2v) is 9.60. The van der Waals surface area contributed by atoms with Gasteiger partial charge >= 0.3 is 6.36 Å². The SMILES string of the molecule is CCC(C)n1nc(-c2cnc(N)c(OC(F)(F)F)c2)cc1[C@H]1[C@@H]2CC(N3CC(OC)C3)C[C@@H]21. The lowest BCUT2D eigenvalue weighted by Crippen LogP contribution is -2.55. The van der Waals surface area contributed by atoms with E-state index in [0.717, 1.165) is 19.5 Å². The van der Waals surface area contributed by atoms with Gasteiger partial charge in [-0.15, -0.1) is 13.2 Å². The topological polar surface area (TPSA) is 78.4 Å². The zero-order valence-electron chi connectivity index (χ0n) is 19.0. The van der Waals surface area contributed by atoms with Crippen LogP contribution in [0.15, 0.2) is 18.3 Å². The summed E-state index contributed by atoms with van der Waals surface area (Å²) in [5, 5.41) is 4.78. The lowest BCUT2D eigenvalue weighted by atomic mass is 9.99. The minimum absolute atomic E-state index is 0.191. The molecule has 0 spiro atoms. The molecule has 3 heterocycles. The van der Waals surface area contributed by atoms with Crippen LogP contribution in [0.3, 0.4) is 0 Å². The molecule has 2 unspecified atom stereocenters. The van der Waals surface area contributed by atoms with Crippen LogP contribution in [0, 0.1) is 11.8 Å². The highest BCUT2D eigenvalue weighted by Crippen LogP contribution is 2.64. The van der Waals surface area contributed by atoms with E-state index in [4.69, 9.17) is 15.6 Å². The number of nitrogen functional groups attached to an aromatic ring is 1. The summed E-state index contributed by atoms with van der Waals surface area (Å²) in [7, 11) is 1.77. The Morgan fingerprint density at radius 2 is 1.91 bits per heavy atom. The molecule has 7 nitrogen and oxygen atoms in total. The number of alkyl halides is 3. The zero-order chi connectivity index (χ0) is 23.5. The molecule has 5 atom stereocenters. The quantitative estimate of drug-likeness (QED) is 0.660. The van der Waals surface area contributed by atoms with Gasteiger partial charge in [-0.3, -0.25) is 9.58 Å². The molecule has 2 aromatic rings. The molecule has 3 fully saturated rings. The molecule has 3 aliphatic rings. The second-order valence-electron chi connectivity index (χ2n) is 9.60. The maximum Gasteiger partial charge on any atom is 0.573 e. The molecule has 0 aromatic carbocycles. The molecule has 2 saturated carbocycles. The van der Waals surface area contributed by atoms with E-state index in [9.17, 15) is 13.2 Å². The van der Waals surface area contributed by atoms with Crippen LogP contribution in [0.1, 0.15) is 50.8 Å². The maximum absolute atomic E-state index is 12.7. The maximum atomic E-state index is 12.7. The molecule has 2 aliphatic carbocycles. The van der Waals surface area contributed by atoms with E-state index < -0.39 is 12.1 Å². The Labute approximate surface area is 191 Å². The van der Waals surface area contributed by atoms with Gasteiger partial charge in [-0.1, -0.05) is 6.92 Å². The van der Waals surface area contributed by atoms with Gasteiger partial charge < -0.3 is 15.2 Å². The smallest absolute Gasteiger partial charge is 0.402 e. The molecule has 2 N–H and O–H groups in total. The Bertz CT molecular complexity index is 1010. The molecule has 2 aromatic heterocycles. The van der Waals surface area contributed by atoms with Gasteiger partial charge in [-0.25, -0.2) is 4.98 Å². The summed E-state index contributed by atoms with van der Waals surface area (Å²) in [5.74, 6) is 0.913. The van der Waals surface area contributed by atoms with Crippen molar-refractivity contribution < 1.29 is 22.6 Å². The Hall–Kier alpha value is -2.33. The third kappa shape index (κ3) is 4.19. The van der Waals surface area contributed by atoms with Crippen molar-refractivity contribution in [1.82, 2.24) is 19.7 Å². The largest absolute Gasteiger partial charge is 0.573 e. The van der Waals surface area contributed by atoms with E-state index in [-0.39, 0.29) is 11.9 Å². The number of methoxy groups -OCH3 is 1. The van der Waals surface area contributed by atoms with Gasteiger partial charge in [0.2, 0.25) is 0 Å². The summed E-state index contributed by atoms with van der Waals surface area (Å²) in [6.45, 7) is 6.26. The van der Waals surface area contributed by atoms with Crippen LogP contribution >= 0.6 is 0 Å². The van der Waals surface area contributed by atoms with Crippen LogP contribution < -0.4 is 10.5 Å². The van der Waals surface area contributed by atoms with E-state index in [0.29, 0.717) is 41.2 Å². The number of fused-ring (bicyclic) bond motifs is 1. The minimum atomic E-state index is -4.84. The lowest BCUT2D eigenvalue weighted by molar-refractivity contribution is -0.274. The molecule has 0 radical (unpaired) electrons. The number of hydrogen-bond donors (Lipinski definition) is 1. The highest BCUT2D eigenvalue weighted by molar-refractivity contribution is 5.64. The first-order valence-electron chi connectivity index (χ1n) is 11.6. The third-order valence-electron chi connectivity index (χ3n) is 7.66. The van der Waals surface area contributed by atoms with Crippen molar-refractivity contribution in [2.24, 2.45) is 11.8 Å². The standard InChI is InChI=1S/C23H30F3N5O2/c1-4-12(2)31-19(21-16-6-14(7-17(16)21)30-10-15(11-30)32-3)8-18(29-31)13-5-20(22(27)28-9-13)33-23(24,25)26/h5,8-9,12,14-17,21H,4,6-7,10-11H2,1-3H3,(H2,27,28)/t12?,14?,16-,17+,21+. The number of pyridine rings is 1. The van der Waals surface area contributed by atoms with Gasteiger partial charge in [0.15, 0.2) is 11.6 Å². The minimum Gasteiger partial charge on any atom is -0.402 e. The van der Waals surface area contributed by atoms with Gasteiger partial charge in [0.1, 0.15) is 0 Å². The van der Waals surface area contributed by atoms with Crippen molar-refractivity contribution in [3.63, 3.8) is 0 Å². The molecular weight excluding hydrogens is 435 g/mol. The van der Waals surface area contributed by atoms with Crippen LogP contribution in [-0.4, -0.2) is 58.4 Å². The number of halogens is 3. The highest BCUT2D eigenvalue weighted by Gasteiger charge is 2.59. The summed E-state index contributed by atoms with van der Waals surface area (Å²) >= 11 is 0. The first kappa shape index (κ1) is 22.5. The number of rotatable bonds is 7. The monoisotopic (exact) mass is 465 g/mol. The fourth-order valence-electron chi connectivity index (χ4n) is 5.59. The fraction of sp³-hybridized carbons (Fsp3) is 0.652. The van der Waals surface area contributed by atoms with Gasteiger partial charge in [-0.2, -0.15) is 5.10 Å². The van der Waals surface area contributed by atoms with Crippen LogP contribution in [0.25, 0.3) is 11.3 Å². The number of aromatic nitrogens is 3. The molecule has 10 heteroatoms. The fourth-order valence-corrected chi connectivity index (χ4v) is 5.59. The number of anilines is 1. The molecule has 1 aliphatic heterocycles. The van der Waals surface area contributed by atoms with E-state index in [1.807, 2.05) is 6.07 Å². The molecule has 1 saturated heterocycles. The van der Waals surface area contributed by atoms with Crippen molar-refractivity contribution in [1.29, 1.82) is 0 Å². The van der Waals surface area contributed by atoms with E-state index in [1.165, 1.54) is 30.8 Å². The second kappa shape index (κ2) is 8.16. The summed E-state index contributed by atoms with van der Waals surface area (Å²) < 4.78 is 49.7. The average Bonchev–Trinajstić information content (AvgIpc) is 3.06. The highest BCUT2D eigenvalue weighted by atomic mass is 19.4. The normalized spacial score (nSPS) is 28.4. The van der Waals surface area contributed by atoms with Crippen molar-refractivity contribution in [3.05, 3.63) is 24.0 Å². The van der Waals surface area contributed by atoms with Crippen molar-refractivity contribution in [2.45, 2.75) is 63.6 Å². The van der Waals surface area contributed by atoms with E-state index in [1.54, 1.807) is 7.11 Å². The van der Waals surface area contributed by atoms with Crippen LogP contribution in [-0.2, 0) is 4.74 Å². The van der Waals surface area contributed by atoms with Gasteiger partial charge in [0.05, 0.1) is 11.8 Å². The molecule has 0 amide bonds. The number of ether oxygens (including phenoxy) is 2. The Morgan fingerprint density at radius 3 is 2.52 bits per heavy atom. The van der Waals surface area contributed by atoms with E-state index >= 15 is 0 Å². The van der Waals surface area contributed by atoms with E-state index in [2.05, 4.69) is 33.2 Å². The lowest BCUT2D eigenvalue weighted by Gasteiger charge is -2.43. The Morgan fingerprint density at radius 1 is 1.21 bits per heavy atom. The van der Waals surface area contributed by atoms with Crippen molar-refractivity contribution >= 4 is 5.82 Å². The zero-order valence-corrected chi connectivity index (χ0v) is 19.0. The summed E-state index contributed by atoms with van der Waals surface area (Å²) in [4.78, 5) is 6.43. The first-order valence-corrected chi connectivity index (χ1v) is 11.6.